The third kappa shape index (κ3) is 2.88. The molecule has 1 heterocycles. The number of nitrogens with two attached hydrogens (primary N) is 1. The van der Waals surface area contributed by atoms with Gasteiger partial charge in [-0.1, -0.05) is 20.3 Å². The van der Waals surface area contributed by atoms with E-state index in [9.17, 15) is 0 Å². The molecule has 0 fully saturated rings. The van der Waals surface area contributed by atoms with E-state index in [1.165, 1.54) is 12.8 Å². The predicted molar refractivity (Wildman–Crippen MR) is 54.5 cm³/mol. The number of hydrogen-bond acceptors (Lipinski definition) is 2. The highest BCUT2D eigenvalue weighted by Gasteiger charge is 2.07. The van der Waals surface area contributed by atoms with Crippen LogP contribution in [0.15, 0.2) is 16.5 Å². The Morgan fingerprint density at radius 3 is 2.77 bits per heavy atom. The molecule has 74 valence electrons. The maximum atomic E-state index is 5.84. The molecule has 0 aliphatic carbocycles. The lowest BCUT2D eigenvalue weighted by atomic mass is 10.2. The molecule has 0 unspecified atom stereocenters. The molecule has 2 nitrogen and oxygen atoms in total. The summed E-state index contributed by atoms with van der Waals surface area (Å²) in [6, 6.07) is 4.11. The van der Waals surface area contributed by atoms with Crippen LogP contribution in [0, 0.1) is 0 Å². The van der Waals surface area contributed by atoms with E-state index in [2.05, 4.69) is 13.8 Å². The van der Waals surface area contributed by atoms with E-state index in [1.807, 2.05) is 12.1 Å². The molecule has 0 saturated carbocycles. The fraction of sp³-hybridized carbons (Fsp3) is 0.636. The summed E-state index contributed by atoms with van der Waals surface area (Å²) in [5, 5.41) is 0. The normalized spacial score (nSPS) is 13.2. The van der Waals surface area contributed by atoms with Crippen molar-refractivity contribution in [3.05, 3.63) is 23.7 Å². The molecule has 0 amide bonds. The Kier molecular flexibility index (Phi) is 4.03. The number of rotatable bonds is 5. The van der Waals surface area contributed by atoms with Crippen molar-refractivity contribution in [2.45, 2.75) is 45.6 Å². The van der Waals surface area contributed by atoms with Crippen LogP contribution < -0.4 is 5.73 Å². The molecular formula is C11H19NO. The summed E-state index contributed by atoms with van der Waals surface area (Å²) in [5.41, 5.74) is 5.84. The number of aryl methyl sites for hydroxylation is 1. The second kappa shape index (κ2) is 5.07. The topological polar surface area (TPSA) is 39.2 Å². The maximum absolute atomic E-state index is 5.84. The Bertz CT molecular complexity index is 242. The zero-order valence-corrected chi connectivity index (χ0v) is 8.55. The van der Waals surface area contributed by atoms with Gasteiger partial charge in [0.1, 0.15) is 11.5 Å². The summed E-state index contributed by atoms with van der Waals surface area (Å²) in [7, 11) is 0. The van der Waals surface area contributed by atoms with Crippen molar-refractivity contribution in [3.63, 3.8) is 0 Å². The van der Waals surface area contributed by atoms with Crippen molar-refractivity contribution in [3.8, 4) is 0 Å². The van der Waals surface area contributed by atoms with Gasteiger partial charge in [0.2, 0.25) is 0 Å². The molecule has 2 heteroatoms. The van der Waals surface area contributed by atoms with E-state index in [4.69, 9.17) is 10.2 Å². The van der Waals surface area contributed by atoms with Crippen molar-refractivity contribution in [2.75, 3.05) is 0 Å². The molecule has 1 aromatic heterocycles. The third-order valence-electron chi connectivity index (χ3n) is 2.26. The van der Waals surface area contributed by atoms with E-state index < -0.39 is 0 Å². The first-order valence-electron chi connectivity index (χ1n) is 5.12. The average Bonchev–Trinajstić information content (AvgIpc) is 2.62. The Labute approximate surface area is 80.1 Å². The first kappa shape index (κ1) is 10.3. The quantitative estimate of drug-likeness (QED) is 0.758. The second-order valence-electron chi connectivity index (χ2n) is 3.42. The molecule has 0 radical (unpaired) electrons. The molecule has 2 N–H and O–H groups in total. The second-order valence-corrected chi connectivity index (χ2v) is 3.42. The van der Waals surface area contributed by atoms with E-state index >= 15 is 0 Å². The van der Waals surface area contributed by atoms with Crippen LogP contribution in [0.4, 0.5) is 0 Å². The zero-order valence-electron chi connectivity index (χ0n) is 8.55. The monoisotopic (exact) mass is 181 g/mol. The van der Waals surface area contributed by atoms with Crippen molar-refractivity contribution in [1.82, 2.24) is 0 Å². The lowest BCUT2D eigenvalue weighted by Crippen LogP contribution is -2.06. The van der Waals surface area contributed by atoms with Crippen LogP contribution in [-0.4, -0.2) is 0 Å². The van der Waals surface area contributed by atoms with Gasteiger partial charge < -0.3 is 10.2 Å². The highest BCUT2D eigenvalue weighted by atomic mass is 16.3. The van der Waals surface area contributed by atoms with Crippen LogP contribution in [0.1, 0.15) is 50.7 Å². The van der Waals surface area contributed by atoms with Gasteiger partial charge in [0.05, 0.1) is 6.04 Å². The fourth-order valence-corrected chi connectivity index (χ4v) is 1.28. The van der Waals surface area contributed by atoms with Gasteiger partial charge in [-0.3, -0.25) is 0 Å². The number of furan rings is 1. The maximum Gasteiger partial charge on any atom is 0.120 e. The molecule has 0 bridgehead atoms. The van der Waals surface area contributed by atoms with Crippen molar-refractivity contribution in [2.24, 2.45) is 5.73 Å². The Morgan fingerprint density at radius 1 is 1.38 bits per heavy atom. The lowest BCUT2D eigenvalue weighted by Gasteiger charge is -2.03. The van der Waals surface area contributed by atoms with Gasteiger partial charge in [0, 0.05) is 6.42 Å². The smallest absolute Gasteiger partial charge is 0.120 e. The lowest BCUT2D eigenvalue weighted by molar-refractivity contribution is 0.424. The molecule has 0 aliphatic rings. The minimum atomic E-state index is 0.0652. The van der Waals surface area contributed by atoms with E-state index in [-0.39, 0.29) is 6.04 Å². The van der Waals surface area contributed by atoms with Gasteiger partial charge in [-0.15, -0.1) is 0 Å². The fourth-order valence-electron chi connectivity index (χ4n) is 1.28. The summed E-state index contributed by atoms with van der Waals surface area (Å²) in [6.07, 6.45) is 4.36. The van der Waals surface area contributed by atoms with E-state index in [0.717, 1.165) is 24.4 Å². The van der Waals surface area contributed by atoms with Crippen molar-refractivity contribution >= 4 is 0 Å². The first-order chi connectivity index (χ1) is 6.27. The molecular weight excluding hydrogens is 162 g/mol. The van der Waals surface area contributed by atoms with Crippen LogP contribution in [0.25, 0.3) is 0 Å². The summed E-state index contributed by atoms with van der Waals surface area (Å²) >= 11 is 0. The summed E-state index contributed by atoms with van der Waals surface area (Å²) < 4.78 is 5.61. The molecule has 1 rings (SSSR count). The first-order valence-corrected chi connectivity index (χ1v) is 5.12. The highest BCUT2D eigenvalue weighted by Crippen LogP contribution is 2.18. The van der Waals surface area contributed by atoms with Gasteiger partial charge in [-0.25, -0.2) is 0 Å². The predicted octanol–water partition coefficient (Wildman–Crippen LogP) is 3.03. The van der Waals surface area contributed by atoms with Crippen LogP contribution in [0.3, 0.4) is 0 Å². The molecule has 0 saturated heterocycles. The highest BCUT2D eigenvalue weighted by molar-refractivity contribution is 5.10. The van der Waals surface area contributed by atoms with Gasteiger partial charge in [-0.2, -0.15) is 0 Å². The van der Waals surface area contributed by atoms with Gasteiger partial charge in [0.25, 0.3) is 0 Å². The molecule has 0 aliphatic heterocycles. The molecule has 0 spiro atoms. The minimum Gasteiger partial charge on any atom is -0.464 e. The van der Waals surface area contributed by atoms with Gasteiger partial charge in [-0.05, 0) is 25.0 Å². The minimum absolute atomic E-state index is 0.0652. The molecule has 1 aromatic rings. The Hall–Kier alpha value is -0.760. The zero-order chi connectivity index (χ0) is 9.68. The standard InChI is InChI=1S/C11H19NO/c1-3-5-6-9-7-8-11(13-9)10(12)4-2/h7-8,10H,3-6,12H2,1-2H3/t10-/m1/s1. The number of unbranched alkanes of at least 4 members (excludes halogenated alkanes) is 1. The summed E-state index contributed by atoms with van der Waals surface area (Å²) in [6.45, 7) is 4.25. The molecule has 1 atom stereocenters. The van der Waals surface area contributed by atoms with Crippen molar-refractivity contribution < 1.29 is 4.42 Å². The third-order valence-corrected chi connectivity index (χ3v) is 2.26. The Balaban J connectivity index is 2.53. The average molecular weight is 181 g/mol. The number of hydrogen-bond donors (Lipinski definition) is 1. The summed E-state index contributed by atoms with van der Waals surface area (Å²) in [4.78, 5) is 0. The van der Waals surface area contributed by atoms with Crippen LogP contribution in [0.2, 0.25) is 0 Å². The SMILES string of the molecule is CCCCc1ccc([C@H](N)CC)o1. The molecule has 13 heavy (non-hydrogen) atoms. The van der Waals surface area contributed by atoms with Crippen LogP contribution in [0.5, 0.6) is 0 Å². The van der Waals surface area contributed by atoms with Gasteiger partial charge >= 0.3 is 0 Å². The Morgan fingerprint density at radius 2 is 2.15 bits per heavy atom. The largest absolute Gasteiger partial charge is 0.464 e. The summed E-state index contributed by atoms with van der Waals surface area (Å²) in [5.74, 6) is 1.99. The molecule has 0 aromatic carbocycles. The van der Waals surface area contributed by atoms with Crippen molar-refractivity contribution in [1.29, 1.82) is 0 Å². The van der Waals surface area contributed by atoms with E-state index in [0.29, 0.717) is 0 Å². The van der Waals surface area contributed by atoms with E-state index in [1.54, 1.807) is 0 Å². The van der Waals surface area contributed by atoms with Gasteiger partial charge in [0.15, 0.2) is 0 Å². The van der Waals surface area contributed by atoms with Crippen LogP contribution in [-0.2, 0) is 6.42 Å². The van der Waals surface area contributed by atoms with Crippen LogP contribution >= 0.6 is 0 Å².